The maximum Gasteiger partial charge on any atom is 0.248 e. The predicted molar refractivity (Wildman–Crippen MR) is 124 cm³/mol. The number of piperazine rings is 1. The maximum absolute atomic E-state index is 12.1. The van der Waals surface area contributed by atoms with Crippen LogP contribution in [0.4, 0.5) is 11.4 Å². The second-order valence-electron chi connectivity index (χ2n) is 7.53. The molecule has 0 unspecified atom stereocenters. The summed E-state index contributed by atoms with van der Waals surface area (Å²) in [6.45, 7) is 5.14. The molecule has 4 rings (SSSR count). The molecule has 4 nitrogen and oxygen atoms in total. The highest BCUT2D eigenvalue weighted by atomic mass is 16.1. The third-order valence-electron chi connectivity index (χ3n) is 5.35. The van der Waals surface area contributed by atoms with E-state index in [1.54, 1.807) is 6.08 Å². The van der Waals surface area contributed by atoms with E-state index >= 15 is 0 Å². The van der Waals surface area contributed by atoms with Crippen molar-refractivity contribution in [2.24, 2.45) is 0 Å². The molecule has 0 bridgehead atoms. The van der Waals surface area contributed by atoms with Crippen molar-refractivity contribution in [1.29, 1.82) is 0 Å². The van der Waals surface area contributed by atoms with Crippen molar-refractivity contribution < 1.29 is 4.79 Å². The second kappa shape index (κ2) is 9.90. The molecule has 1 aliphatic rings. The lowest BCUT2D eigenvalue weighted by molar-refractivity contribution is -0.111. The largest absolute Gasteiger partial charge is 0.369 e. The molecule has 152 valence electrons. The Bertz CT molecular complexity index is 960. The summed E-state index contributed by atoms with van der Waals surface area (Å²) in [7, 11) is 0. The van der Waals surface area contributed by atoms with Crippen LogP contribution >= 0.6 is 0 Å². The van der Waals surface area contributed by atoms with E-state index in [1.165, 1.54) is 11.3 Å². The van der Waals surface area contributed by atoms with Gasteiger partial charge in [0.1, 0.15) is 0 Å². The van der Waals surface area contributed by atoms with Crippen LogP contribution in [0, 0.1) is 0 Å². The highest BCUT2D eigenvalue weighted by Crippen LogP contribution is 2.17. The monoisotopic (exact) mass is 397 g/mol. The Hall–Kier alpha value is -3.37. The number of carbonyl (C=O) groups excluding carboxylic acids is 1. The van der Waals surface area contributed by atoms with Crippen LogP contribution in [0.25, 0.3) is 6.08 Å². The van der Waals surface area contributed by atoms with Crippen LogP contribution in [0.5, 0.6) is 0 Å². The lowest BCUT2D eigenvalue weighted by Gasteiger charge is -2.36. The molecule has 0 aromatic heterocycles. The topological polar surface area (TPSA) is 35.6 Å². The van der Waals surface area contributed by atoms with Crippen molar-refractivity contribution in [2.75, 3.05) is 36.4 Å². The molecule has 1 aliphatic heterocycles. The third-order valence-corrected chi connectivity index (χ3v) is 5.35. The van der Waals surface area contributed by atoms with E-state index in [9.17, 15) is 4.79 Å². The number of nitrogens with zero attached hydrogens (tertiary/aromatic N) is 2. The molecular formula is C26H27N3O. The predicted octanol–water partition coefficient (Wildman–Crippen LogP) is 4.66. The summed E-state index contributed by atoms with van der Waals surface area (Å²) in [6.07, 6.45) is 3.38. The number of nitrogens with one attached hydrogen (secondary N) is 1. The Morgan fingerprint density at radius 2 is 1.43 bits per heavy atom. The van der Waals surface area contributed by atoms with E-state index in [-0.39, 0.29) is 5.91 Å². The van der Waals surface area contributed by atoms with Gasteiger partial charge in [-0.2, -0.15) is 0 Å². The van der Waals surface area contributed by atoms with Gasteiger partial charge in [-0.05, 0) is 41.5 Å². The number of anilines is 2. The van der Waals surface area contributed by atoms with Crippen LogP contribution in [-0.4, -0.2) is 37.0 Å². The zero-order valence-corrected chi connectivity index (χ0v) is 17.1. The van der Waals surface area contributed by atoms with Crippen molar-refractivity contribution >= 4 is 23.4 Å². The van der Waals surface area contributed by atoms with E-state index in [4.69, 9.17) is 0 Å². The molecule has 1 N–H and O–H groups in total. The minimum atomic E-state index is -0.122. The zero-order chi connectivity index (χ0) is 20.6. The van der Waals surface area contributed by atoms with E-state index < -0.39 is 0 Å². The van der Waals surface area contributed by atoms with E-state index in [0.29, 0.717) is 0 Å². The van der Waals surface area contributed by atoms with Gasteiger partial charge in [0, 0.05) is 50.2 Å². The number of rotatable bonds is 6. The van der Waals surface area contributed by atoms with Crippen molar-refractivity contribution in [1.82, 2.24) is 4.90 Å². The maximum atomic E-state index is 12.1. The Morgan fingerprint density at radius 3 is 2.10 bits per heavy atom. The van der Waals surface area contributed by atoms with Gasteiger partial charge in [0.15, 0.2) is 0 Å². The van der Waals surface area contributed by atoms with Crippen LogP contribution in [0.1, 0.15) is 11.1 Å². The number of hydrogen-bond donors (Lipinski definition) is 1. The number of para-hydroxylation sites is 1. The first-order chi connectivity index (χ1) is 14.8. The fraction of sp³-hybridized carbons (Fsp3) is 0.192. The molecule has 3 aromatic rings. The smallest absolute Gasteiger partial charge is 0.248 e. The summed E-state index contributed by atoms with van der Waals surface area (Å²) < 4.78 is 0. The summed E-state index contributed by atoms with van der Waals surface area (Å²) in [5.41, 5.74) is 4.39. The molecule has 0 radical (unpaired) electrons. The Balaban J connectivity index is 1.25. The summed E-state index contributed by atoms with van der Waals surface area (Å²) >= 11 is 0. The first-order valence-electron chi connectivity index (χ1n) is 10.4. The van der Waals surface area contributed by atoms with E-state index in [1.807, 2.05) is 48.5 Å². The number of benzene rings is 3. The fourth-order valence-electron chi connectivity index (χ4n) is 3.67. The minimum Gasteiger partial charge on any atom is -0.369 e. The molecule has 0 saturated carbocycles. The van der Waals surface area contributed by atoms with Crippen molar-refractivity contribution in [2.45, 2.75) is 6.54 Å². The van der Waals surface area contributed by atoms with Crippen LogP contribution in [0.2, 0.25) is 0 Å². The lowest BCUT2D eigenvalue weighted by Crippen LogP contribution is -2.45. The Labute approximate surface area is 178 Å². The normalized spacial score (nSPS) is 14.7. The molecule has 4 heteroatoms. The SMILES string of the molecule is O=C(/C=C\c1ccccc1)Nc1ccc(CN2CCN(c3ccccc3)CC2)cc1. The molecule has 3 aromatic carbocycles. The molecule has 1 heterocycles. The van der Waals surface area contributed by atoms with Gasteiger partial charge in [0.25, 0.3) is 0 Å². The van der Waals surface area contributed by atoms with Gasteiger partial charge >= 0.3 is 0 Å². The first-order valence-corrected chi connectivity index (χ1v) is 10.4. The van der Waals surface area contributed by atoms with Gasteiger partial charge in [-0.25, -0.2) is 0 Å². The minimum absolute atomic E-state index is 0.122. The summed E-state index contributed by atoms with van der Waals surface area (Å²) in [4.78, 5) is 17.0. The van der Waals surface area contributed by atoms with Crippen LogP contribution in [-0.2, 0) is 11.3 Å². The standard InChI is InChI=1S/C26H27N3O/c30-26(16-13-22-7-3-1-4-8-22)27-24-14-11-23(12-15-24)21-28-17-19-29(20-18-28)25-9-5-2-6-10-25/h1-16H,17-21H2,(H,27,30)/b16-13-. The van der Waals surface area contributed by atoms with E-state index in [0.717, 1.165) is 44.0 Å². The highest BCUT2D eigenvalue weighted by Gasteiger charge is 2.17. The van der Waals surface area contributed by atoms with Gasteiger partial charge in [-0.1, -0.05) is 60.7 Å². The number of amides is 1. The second-order valence-corrected chi connectivity index (χ2v) is 7.53. The van der Waals surface area contributed by atoms with Crippen molar-refractivity contribution in [3.05, 3.63) is 102 Å². The molecule has 0 aliphatic carbocycles. The quantitative estimate of drug-likeness (QED) is 0.615. The Kier molecular flexibility index (Phi) is 6.58. The van der Waals surface area contributed by atoms with Crippen LogP contribution in [0.3, 0.4) is 0 Å². The molecular weight excluding hydrogens is 370 g/mol. The highest BCUT2D eigenvalue weighted by molar-refractivity contribution is 6.01. The van der Waals surface area contributed by atoms with Gasteiger partial charge in [-0.15, -0.1) is 0 Å². The van der Waals surface area contributed by atoms with Gasteiger partial charge in [0.05, 0.1) is 0 Å². The summed E-state index contributed by atoms with van der Waals surface area (Å²) in [6, 6.07) is 28.6. The average Bonchev–Trinajstić information content (AvgIpc) is 2.81. The fourth-order valence-corrected chi connectivity index (χ4v) is 3.67. The molecule has 1 amide bonds. The van der Waals surface area contributed by atoms with Crippen LogP contribution in [0.15, 0.2) is 91.0 Å². The molecule has 1 fully saturated rings. The molecule has 0 spiro atoms. The van der Waals surface area contributed by atoms with Gasteiger partial charge < -0.3 is 10.2 Å². The lowest BCUT2D eigenvalue weighted by atomic mass is 10.1. The van der Waals surface area contributed by atoms with Crippen molar-refractivity contribution in [3.63, 3.8) is 0 Å². The summed E-state index contributed by atoms with van der Waals surface area (Å²) in [5, 5.41) is 2.92. The molecule has 1 saturated heterocycles. The van der Waals surface area contributed by atoms with Gasteiger partial charge in [-0.3, -0.25) is 9.69 Å². The van der Waals surface area contributed by atoms with Crippen LogP contribution < -0.4 is 10.2 Å². The summed E-state index contributed by atoms with van der Waals surface area (Å²) in [5.74, 6) is -0.122. The molecule has 0 atom stereocenters. The van der Waals surface area contributed by atoms with Crippen molar-refractivity contribution in [3.8, 4) is 0 Å². The van der Waals surface area contributed by atoms with E-state index in [2.05, 4.69) is 57.6 Å². The van der Waals surface area contributed by atoms with Gasteiger partial charge in [0.2, 0.25) is 5.91 Å². The number of carbonyl (C=O) groups is 1. The molecule has 30 heavy (non-hydrogen) atoms. The third kappa shape index (κ3) is 5.58. The number of hydrogen-bond acceptors (Lipinski definition) is 3. The Morgan fingerprint density at radius 1 is 0.800 bits per heavy atom. The average molecular weight is 398 g/mol. The zero-order valence-electron chi connectivity index (χ0n) is 17.1. The first kappa shape index (κ1) is 19.9.